The first-order chi connectivity index (χ1) is 6.79. The topological polar surface area (TPSA) is 58.6 Å². The summed E-state index contributed by atoms with van der Waals surface area (Å²) >= 11 is 0. The van der Waals surface area contributed by atoms with Gasteiger partial charge in [-0.1, -0.05) is 0 Å². The highest BCUT2D eigenvalue weighted by molar-refractivity contribution is 5.94. The van der Waals surface area contributed by atoms with Gasteiger partial charge >= 0.3 is 0 Å². The molecule has 1 aliphatic heterocycles. The van der Waals surface area contributed by atoms with Crippen LogP contribution >= 0.6 is 0 Å². The highest BCUT2D eigenvalue weighted by Crippen LogP contribution is 1.99. The van der Waals surface area contributed by atoms with E-state index < -0.39 is 6.10 Å². The molecular formula is C9H16N2O3. The zero-order valence-corrected chi connectivity index (χ0v) is 8.36. The Balaban J connectivity index is 2.47. The van der Waals surface area contributed by atoms with Gasteiger partial charge in [-0.2, -0.15) is 0 Å². The van der Waals surface area contributed by atoms with E-state index in [9.17, 15) is 9.59 Å². The summed E-state index contributed by atoms with van der Waals surface area (Å²) in [5.41, 5.74) is 0. The third kappa shape index (κ3) is 2.78. The maximum atomic E-state index is 11.7. The molecule has 1 saturated heterocycles. The van der Waals surface area contributed by atoms with Crippen LogP contribution in [-0.2, 0) is 14.3 Å². The maximum absolute atomic E-state index is 11.7. The molecule has 1 amide bonds. The van der Waals surface area contributed by atoms with Crippen LogP contribution in [0.3, 0.4) is 0 Å². The number of piperazine rings is 1. The van der Waals surface area contributed by atoms with Crippen molar-refractivity contribution in [3.63, 3.8) is 0 Å². The van der Waals surface area contributed by atoms with Crippen molar-refractivity contribution in [1.29, 1.82) is 0 Å². The number of carbonyl (C=O) groups excluding carboxylic acids is 2. The monoisotopic (exact) mass is 200 g/mol. The molecule has 0 aromatic rings. The van der Waals surface area contributed by atoms with Crippen molar-refractivity contribution in [1.82, 2.24) is 10.2 Å². The molecule has 0 spiro atoms. The van der Waals surface area contributed by atoms with Gasteiger partial charge in [0.15, 0.2) is 12.4 Å². The van der Waals surface area contributed by atoms with Gasteiger partial charge in [0.1, 0.15) is 0 Å². The van der Waals surface area contributed by atoms with E-state index in [-0.39, 0.29) is 5.91 Å². The molecular weight excluding hydrogens is 184 g/mol. The number of nitrogens with one attached hydrogen (secondary N) is 1. The van der Waals surface area contributed by atoms with Crippen LogP contribution in [0.5, 0.6) is 0 Å². The molecule has 0 aromatic heterocycles. The average Bonchev–Trinajstić information content (AvgIpc) is 2.26. The number of ether oxygens (including phenoxy) is 1. The Bertz CT molecular complexity index is 202. The molecule has 1 atom stereocenters. The molecule has 1 fully saturated rings. The largest absolute Gasteiger partial charge is 0.361 e. The first kappa shape index (κ1) is 11.1. The standard InChI is InChI=1S/C9H16N2O3/c1-2-14-8(7-12)9(13)11-5-3-10-4-6-11/h7-8,10H,2-6H2,1H3. The third-order valence-corrected chi connectivity index (χ3v) is 2.14. The number of nitrogens with zero attached hydrogens (tertiary/aromatic N) is 1. The van der Waals surface area contributed by atoms with Gasteiger partial charge in [0.25, 0.3) is 5.91 Å². The minimum Gasteiger partial charge on any atom is -0.361 e. The Morgan fingerprint density at radius 2 is 2.21 bits per heavy atom. The van der Waals surface area contributed by atoms with E-state index in [0.717, 1.165) is 13.1 Å². The number of hydrogen-bond acceptors (Lipinski definition) is 4. The fourth-order valence-electron chi connectivity index (χ4n) is 1.41. The van der Waals surface area contributed by atoms with Crippen molar-refractivity contribution in [2.75, 3.05) is 32.8 Å². The zero-order chi connectivity index (χ0) is 10.4. The molecule has 14 heavy (non-hydrogen) atoms. The van der Waals surface area contributed by atoms with Crippen molar-refractivity contribution in [3.8, 4) is 0 Å². The van der Waals surface area contributed by atoms with E-state index >= 15 is 0 Å². The smallest absolute Gasteiger partial charge is 0.259 e. The fourth-order valence-corrected chi connectivity index (χ4v) is 1.41. The molecule has 0 aliphatic carbocycles. The minimum absolute atomic E-state index is 0.219. The van der Waals surface area contributed by atoms with Crippen LogP contribution in [0, 0.1) is 0 Å². The number of rotatable bonds is 4. The summed E-state index contributed by atoms with van der Waals surface area (Å²) in [4.78, 5) is 23.9. The van der Waals surface area contributed by atoms with E-state index in [2.05, 4.69) is 5.32 Å². The molecule has 0 aromatic carbocycles. The van der Waals surface area contributed by atoms with E-state index in [4.69, 9.17) is 4.74 Å². The Labute approximate surface area is 83.4 Å². The number of amides is 1. The Morgan fingerprint density at radius 3 is 2.71 bits per heavy atom. The van der Waals surface area contributed by atoms with Gasteiger partial charge in [0, 0.05) is 32.8 Å². The number of hydrogen-bond donors (Lipinski definition) is 1. The lowest BCUT2D eigenvalue weighted by atomic mass is 10.3. The van der Waals surface area contributed by atoms with Crippen molar-refractivity contribution >= 4 is 12.2 Å². The normalized spacial score (nSPS) is 19.1. The van der Waals surface area contributed by atoms with Crippen LogP contribution in [0.15, 0.2) is 0 Å². The van der Waals surface area contributed by atoms with Gasteiger partial charge < -0.3 is 15.0 Å². The van der Waals surface area contributed by atoms with Crippen LogP contribution in [-0.4, -0.2) is 56.0 Å². The molecule has 5 nitrogen and oxygen atoms in total. The molecule has 1 N–H and O–H groups in total. The molecule has 80 valence electrons. The SMILES string of the molecule is CCOC(C=O)C(=O)N1CCNCC1. The summed E-state index contributed by atoms with van der Waals surface area (Å²) in [7, 11) is 0. The molecule has 0 saturated carbocycles. The second-order valence-electron chi connectivity index (χ2n) is 3.09. The van der Waals surface area contributed by atoms with E-state index in [0.29, 0.717) is 26.0 Å². The van der Waals surface area contributed by atoms with Gasteiger partial charge in [0.2, 0.25) is 0 Å². The lowest BCUT2D eigenvalue weighted by Gasteiger charge is -2.29. The Hall–Kier alpha value is -0.940. The summed E-state index contributed by atoms with van der Waals surface area (Å²) in [6.45, 7) is 5.00. The first-order valence-electron chi connectivity index (χ1n) is 4.86. The summed E-state index contributed by atoms with van der Waals surface area (Å²) in [5.74, 6) is -0.219. The van der Waals surface area contributed by atoms with Gasteiger partial charge in [-0.25, -0.2) is 0 Å². The summed E-state index contributed by atoms with van der Waals surface area (Å²) in [6.07, 6.45) is -0.355. The highest BCUT2D eigenvalue weighted by Gasteiger charge is 2.24. The van der Waals surface area contributed by atoms with E-state index in [1.165, 1.54) is 0 Å². The summed E-state index contributed by atoms with van der Waals surface area (Å²) < 4.78 is 5.03. The van der Waals surface area contributed by atoms with Gasteiger partial charge in [-0.05, 0) is 6.92 Å². The second-order valence-corrected chi connectivity index (χ2v) is 3.09. The molecule has 1 aliphatic rings. The second kappa shape index (κ2) is 5.72. The minimum atomic E-state index is -0.918. The molecule has 1 unspecified atom stereocenters. The highest BCUT2D eigenvalue weighted by atomic mass is 16.5. The Kier molecular flexibility index (Phi) is 4.55. The molecule has 0 radical (unpaired) electrons. The predicted molar refractivity (Wildman–Crippen MR) is 50.9 cm³/mol. The van der Waals surface area contributed by atoms with Crippen molar-refractivity contribution in [3.05, 3.63) is 0 Å². The first-order valence-corrected chi connectivity index (χ1v) is 4.86. The van der Waals surface area contributed by atoms with Crippen molar-refractivity contribution in [2.45, 2.75) is 13.0 Å². The summed E-state index contributed by atoms with van der Waals surface area (Å²) in [5, 5.41) is 3.14. The molecule has 0 bridgehead atoms. The summed E-state index contributed by atoms with van der Waals surface area (Å²) in [6, 6.07) is 0. The van der Waals surface area contributed by atoms with Gasteiger partial charge in [-0.3, -0.25) is 9.59 Å². The van der Waals surface area contributed by atoms with Gasteiger partial charge in [-0.15, -0.1) is 0 Å². The van der Waals surface area contributed by atoms with Crippen molar-refractivity contribution < 1.29 is 14.3 Å². The van der Waals surface area contributed by atoms with E-state index in [1.807, 2.05) is 0 Å². The van der Waals surface area contributed by atoms with Crippen molar-refractivity contribution in [2.24, 2.45) is 0 Å². The quantitative estimate of drug-likeness (QED) is 0.468. The zero-order valence-electron chi connectivity index (χ0n) is 8.36. The molecule has 1 rings (SSSR count). The van der Waals surface area contributed by atoms with Crippen LogP contribution in [0.25, 0.3) is 0 Å². The van der Waals surface area contributed by atoms with Crippen LogP contribution < -0.4 is 5.32 Å². The van der Waals surface area contributed by atoms with Crippen LogP contribution in [0.4, 0.5) is 0 Å². The molecule has 5 heteroatoms. The van der Waals surface area contributed by atoms with Crippen LogP contribution in [0.1, 0.15) is 6.92 Å². The average molecular weight is 200 g/mol. The maximum Gasteiger partial charge on any atom is 0.259 e. The molecule has 1 heterocycles. The Morgan fingerprint density at radius 1 is 1.57 bits per heavy atom. The van der Waals surface area contributed by atoms with E-state index in [1.54, 1.807) is 11.8 Å². The third-order valence-electron chi connectivity index (χ3n) is 2.14. The number of aldehydes is 1. The van der Waals surface area contributed by atoms with Gasteiger partial charge in [0.05, 0.1) is 0 Å². The van der Waals surface area contributed by atoms with Crippen LogP contribution in [0.2, 0.25) is 0 Å². The fraction of sp³-hybridized carbons (Fsp3) is 0.778. The number of carbonyl (C=O) groups is 2. The lowest BCUT2D eigenvalue weighted by molar-refractivity contribution is -0.147. The lowest BCUT2D eigenvalue weighted by Crippen LogP contribution is -2.50. The predicted octanol–water partition coefficient (Wildman–Crippen LogP) is -0.978.